The maximum atomic E-state index is 12.6. The molecule has 0 radical (unpaired) electrons. The highest BCUT2D eigenvalue weighted by Crippen LogP contribution is 2.38. The van der Waals surface area contributed by atoms with E-state index in [1.165, 1.54) is 0 Å². The standard InChI is InChI=1S/C14H26F5NOS/c1-2-3-9-20-10-5-4-6-11-22(21)12-7-8-13(15,16)14(17,18)19/h20H,2-12H2,1H3. The molecule has 0 bridgehead atoms. The highest BCUT2D eigenvalue weighted by Gasteiger charge is 2.56. The summed E-state index contributed by atoms with van der Waals surface area (Å²) >= 11 is 0. The number of halogens is 5. The van der Waals surface area contributed by atoms with Crippen molar-refractivity contribution >= 4 is 10.8 Å². The number of rotatable bonds is 13. The van der Waals surface area contributed by atoms with Gasteiger partial charge >= 0.3 is 12.1 Å². The molecule has 0 spiro atoms. The zero-order valence-corrected chi connectivity index (χ0v) is 13.8. The molecular weight excluding hydrogens is 325 g/mol. The van der Waals surface area contributed by atoms with E-state index in [2.05, 4.69) is 12.2 Å². The van der Waals surface area contributed by atoms with Gasteiger partial charge in [-0.3, -0.25) is 4.21 Å². The third-order valence-corrected chi connectivity index (χ3v) is 4.70. The van der Waals surface area contributed by atoms with Crippen LogP contribution in [0.5, 0.6) is 0 Å². The number of unbranched alkanes of at least 4 members (excludes halogenated alkanes) is 3. The summed E-state index contributed by atoms with van der Waals surface area (Å²) < 4.78 is 72.6. The predicted octanol–water partition coefficient (Wildman–Crippen LogP) is 4.27. The van der Waals surface area contributed by atoms with Crippen molar-refractivity contribution in [2.45, 2.75) is 64.0 Å². The van der Waals surface area contributed by atoms with Crippen LogP contribution in [0.3, 0.4) is 0 Å². The first kappa shape index (κ1) is 21.8. The van der Waals surface area contributed by atoms with Crippen LogP contribution in [-0.4, -0.2) is 40.9 Å². The normalized spacial score (nSPS) is 14.3. The molecule has 1 unspecified atom stereocenters. The molecule has 22 heavy (non-hydrogen) atoms. The molecule has 2 nitrogen and oxygen atoms in total. The highest BCUT2D eigenvalue weighted by molar-refractivity contribution is 7.84. The van der Waals surface area contributed by atoms with E-state index in [0.717, 1.165) is 38.8 Å². The van der Waals surface area contributed by atoms with Gasteiger partial charge in [-0.2, -0.15) is 22.0 Å². The predicted molar refractivity (Wildman–Crippen MR) is 79.7 cm³/mol. The van der Waals surface area contributed by atoms with E-state index < -0.39 is 29.3 Å². The Morgan fingerprint density at radius 2 is 1.45 bits per heavy atom. The molecule has 1 atom stereocenters. The zero-order chi connectivity index (χ0) is 17.1. The van der Waals surface area contributed by atoms with E-state index >= 15 is 0 Å². The lowest BCUT2D eigenvalue weighted by molar-refractivity contribution is -0.284. The Labute approximate surface area is 131 Å². The van der Waals surface area contributed by atoms with Crippen LogP contribution in [0.1, 0.15) is 51.9 Å². The van der Waals surface area contributed by atoms with Gasteiger partial charge in [-0.1, -0.05) is 19.8 Å². The molecule has 0 rings (SSSR count). The fraction of sp³-hybridized carbons (Fsp3) is 1.00. The maximum Gasteiger partial charge on any atom is 0.453 e. The lowest BCUT2D eigenvalue weighted by Crippen LogP contribution is -2.36. The minimum Gasteiger partial charge on any atom is -0.317 e. The van der Waals surface area contributed by atoms with Crippen LogP contribution in [0.15, 0.2) is 0 Å². The third-order valence-electron chi connectivity index (χ3n) is 3.21. The van der Waals surface area contributed by atoms with Gasteiger partial charge in [0.1, 0.15) is 0 Å². The first-order valence-electron chi connectivity index (χ1n) is 7.71. The molecule has 0 saturated heterocycles. The lowest BCUT2D eigenvalue weighted by atomic mass is 10.2. The molecule has 0 aromatic heterocycles. The van der Waals surface area contributed by atoms with Crippen molar-refractivity contribution < 1.29 is 26.2 Å². The zero-order valence-electron chi connectivity index (χ0n) is 13.0. The molecule has 0 amide bonds. The largest absolute Gasteiger partial charge is 0.453 e. The highest BCUT2D eigenvalue weighted by atomic mass is 32.2. The molecule has 0 fully saturated rings. The fourth-order valence-electron chi connectivity index (χ4n) is 1.82. The SMILES string of the molecule is CCCCNCCCCCS(=O)CCCC(F)(F)C(F)(F)F. The minimum atomic E-state index is -5.51. The van der Waals surface area contributed by atoms with Gasteiger partial charge in [-0.15, -0.1) is 0 Å². The van der Waals surface area contributed by atoms with Crippen molar-refractivity contribution in [3.05, 3.63) is 0 Å². The quantitative estimate of drug-likeness (QED) is 0.396. The first-order valence-corrected chi connectivity index (χ1v) is 9.19. The maximum absolute atomic E-state index is 12.6. The van der Waals surface area contributed by atoms with Gasteiger partial charge in [0.25, 0.3) is 0 Å². The summed E-state index contributed by atoms with van der Waals surface area (Å²) in [6.45, 7) is 3.99. The molecule has 0 heterocycles. The molecule has 0 saturated carbocycles. The van der Waals surface area contributed by atoms with Crippen molar-refractivity contribution in [2.24, 2.45) is 0 Å². The Morgan fingerprint density at radius 3 is 2.05 bits per heavy atom. The van der Waals surface area contributed by atoms with Crippen molar-refractivity contribution in [1.82, 2.24) is 5.32 Å². The number of alkyl halides is 5. The van der Waals surface area contributed by atoms with E-state index in [-0.39, 0.29) is 12.2 Å². The summed E-state index contributed by atoms with van der Waals surface area (Å²) in [7, 11) is -1.31. The van der Waals surface area contributed by atoms with Gasteiger partial charge in [0.05, 0.1) is 0 Å². The number of nitrogens with one attached hydrogen (secondary N) is 1. The topological polar surface area (TPSA) is 29.1 Å². The van der Waals surface area contributed by atoms with Crippen molar-refractivity contribution in [2.75, 3.05) is 24.6 Å². The molecule has 134 valence electrons. The van der Waals surface area contributed by atoms with Gasteiger partial charge < -0.3 is 5.32 Å². The second kappa shape index (κ2) is 11.3. The van der Waals surface area contributed by atoms with Crippen molar-refractivity contribution in [3.63, 3.8) is 0 Å². The van der Waals surface area contributed by atoms with E-state index in [4.69, 9.17) is 0 Å². The Hall–Kier alpha value is -0.240. The molecule has 0 aliphatic rings. The molecule has 0 aliphatic carbocycles. The molecule has 0 aromatic rings. The second-order valence-corrected chi connectivity index (χ2v) is 7.01. The summed E-state index contributed by atoms with van der Waals surface area (Å²) in [6.07, 6.45) is -2.37. The van der Waals surface area contributed by atoms with Gasteiger partial charge in [-0.25, -0.2) is 0 Å². The molecule has 0 aromatic carbocycles. The van der Waals surface area contributed by atoms with Gasteiger partial charge in [0.2, 0.25) is 0 Å². The summed E-state index contributed by atoms with van der Waals surface area (Å²) in [5, 5.41) is 3.27. The van der Waals surface area contributed by atoms with Crippen LogP contribution < -0.4 is 5.32 Å². The Morgan fingerprint density at radius 1 is 0.864 bits per heavy atom. The van der Waals surface area contributed by atoms with E-state index in [1.807, 2.05) is 0 Å². The minimum absolute atomic E-state index is 0.0968. The van der Waals surface area contributed by atoms with Crippen LogP contribution in [0, 0.1) is 0 Å². The van der Waals surface area contributed by atoms with Crippen LogP contribution in [0.25, 0.3) is 0 Å². The number of hydrogen-bond acceptors (Lipinski definition) is 2. The molecule has 1 N–H and O–H groups in total. The Balaban J connectivity index is 3.55. The third kappa shape index (κ3) is 10.5. The van der Waals surface area contributed by atoms with Gasteiger partial charge in [0, 0.05) is 28.7 Å². The summed E-state index contributed by atoms with van der Waals surface area (Å²) in [5.41, 5.74) is 0. The lowest BCUT2D eigenvalue weighted by Gasteiger charge is -2.19. The Bertz CT molecular complexity index is 310. The molecule has 8 heteroatoms. The first-order chi connectivity index (χ1) is 10.2. The monoisotopic (exact) mass is 351 g/mol. The van der Waals surface area contributed by atoms with Crippen molar-refractivity contribution in [1.29, 1.82) is 0 Å². The summed E-state index contributed by atoms with van der Waals surface area (Å²) in [5.74, 6) is -4.41. The van der Waals surface area contributed by atoms with Crippen LogP contribution in [0.4, 0.5) is 22.0 Å². The van der Waals surface area contributed by atoms with Gasteiger partial charge in [0.15, 0.2) is 0 Å². The second-order valence-electron chi connectivity index (χ2n) is 5.32. The van der Waals surface area contributed by atoms with Crippen LogP contribution in [-0.2, 0) is 10.8 Å². The van der Waals surface area contributed by atoms with Crippen molar-refractivity contribution in [3.8, 4) is 0 Å². The Kier molecular flexibility index (Phi) is 11.2. The summed E-state index contributed by atoms with van der Waals surface area (Å²) in [6, 6.07) is 0. The summed E-state index contributed by atoms with van der Waals surface area (Å²) in [4.78, 5) is 0. The van der Waals surface area contributed by atoms with E-state index in [0.29, 0.717) is 12.2 Å². The smallest absolute Gasteiger partial charge is 0.317 e. The van der Waals surface area contributed by atoms with E-state index in [1.54, 1.807) is 0 Å². The molecule has 0 aliphatic heterocycles. The van der Waals surface area contributed by atoms with Crippen LogP contribution in [0.2, 0.25) is 0 Å². The number of hydrogen-bond donors (Lipinski definition) is 1. The van der Waals surface area contributed by atoms with Crippen LogP contribution >= 0.6 is 0 Å². The fourth-order valence-corrected chi connectivity index (χ4v) is 3.01. The average Bonchev–Trinajstić information content (AvgIpc) is 2.40. The van der Waals surface area contributed by atoms with E-state index in [9.17, 15) is 26.2 Å². The molecular formula is C14H26F5NOS. The van der Waals surface area contributed by atoms with Gasteiger partial charge in [-0.05, 0) is 38.8 Å². The average molecular weight is 351 g/mol.